The molecule has 0 aromatic heterocycles. The first kappa shape index (κ1) is 9.62. The molecule has 60 valence electrons. The predicted molar refractivity (Wildman–Crippen MR) is 44.7 cm³/mol. The molecule has 11 heavy (non-hydrogen) atoms. The number of nitrogens with zero attached hydrogens (tertiary/aromatic N) is 1. The molecule has 0 atom stereocenters. The standard InChI is InChI=1S/C8H11NO2/c1-4-7(3)6-8(5-2)9(10)11/h4-6H,1H2,2-3H3/b7-6-,8-5+. The van der Waals surface area contributed by atoms with E-state index in [-0.39, 0.29) is 5.70 Å². The quantitative estimate of drug-likeness (QED) is 0.354. The molecular weight excluding hydrogens is 142 g/mol. The van der Waals surface area contributed by atoms with Crippen molar-refractivity contribution in [2.24, 2.45) is 0 Å². The van der Waals surface area contributed by atoms with E-state index >= 15 is 0 Å². The Balaban J connectivity index is 4.57. The van der Waals surface area contributed by atoms with Gasteiger partial charge < -0.3 is 0 Å². The highest BCUT2D eigenvalue weighted by Gasteiger charge is 2.02. The fourth-order valence-corrected chi connectivity index (χ4v) is 0.534. The molecule has 0 aliphatic carbocycles. The summed E-state index contributed by atoms with van der Waals surface area (Å²) in [6.45, 7) is 6.88. The molecule has 0 bridgehead atoms. The van der Waals surface area contributed by atoms with Crippen LogP contribution < -0.4 is 0 Å². The summed E-state index contributed by atoms with van der Waals surface area (Å²) in [5.41, 5.74) is 0.886. The molecule has 3 heteroatoms. The Kier molecular flexibility index (Phi) is 3.88. The summed E-state index contributed by atoms with van der Waals surface area (Å²) in [5, 5.41) is 10.2. The second-order valence-corrected chi connectivity index (χ2v) is 2.06. The van der Waals surface area contributed by atoms with Crippen LogP contribution in [0.4, 0.5) is 0 Å². The van der Waals surface area contributed by atoms with Gasteiger partial charge in [0.15, 0.2) is 0 Å². The van der Waals surface area contributed by atoms with Gasteiger partial charge in [0, 0.05) is 6.08 Å². The fraction of sp³-hybridized carbons (Fsp3) is 0.250. The zero-order valence-corrected chi connectivity index (χ0v) is 6.70. The van der Waals surface area contributed by atoms with Crippen molar-refractivity contribution < 1.29 is 4.92 Å². The molecule has 0 aliphatic rings. The Morgan fingerprint density at radius 1 is 1.64 bits per heavy atom. The average molecular weight is 153 g/mol. The second kappa shape index (κ2) is 4.44. The summed E-state index contributed by atoms with van der Waals surface area (Å²) in [4.78, 5) is 9.82. The van der Waals surface area contributed by atoms with Gasteiger partial charge in [-0.1, -0.05) is 12.7 Å². The molecule has 0 radical (unpaired) electrons. The first-order valence-corrected chi connectivity index (χ1v) is 3.23. The van der Waals surface area contributed by atoms with Crippen LogP contribution in [0, 0.1) is 10.1 Å². The normalized spacial score (nSPS) is 12.9. The largest absolute Gasteiger partial charge is 0.265 e. The third-order valence-corrected chi connectivity index (χ3v) is 1.20. The molecule has 0 aromatic rings. The number of allylic oxidation sites excluding steroid dienone is 4. The number of nitro groups is 1. The van der Waals surface area contributed by atoms with Crippen LogP contribution in [0.3, 0.4) is 0 Å². The molecule has 0 saturated heterocycles. The molecule has 0 aliphatic heterocycles. The van der Waals surface area contributed by atoms with Crippen molar-refractivity contribution >= 4 is 0 Å². The van der Waals surface area contributed by atoms with Gasteiger partial charge in [-0.25, -0.2) is 0 Å². The van der Waals surface area contributed by atoms with Gasteiger partial charge in [-0.15, -0.1) is 0 Å². The maximum atomic E-state index is 10.2. The maximum Gasteiger partial charge on any atom is 0.265 e. The Bertz CT molecular complexity index is 226. The van der Waals surface area contributed by atoms with E-state index in [1.165, 1.54) is 12.2 Å². The molecule has 0 N–H and O–H groups in total. The molecule has 0 spiro atoms. The number of hydrogen-bond donors (Lipinski definition) is 0. The summed E-state index contributed by atoms with van der Waals surface area (Å²) in [5.74, 6) is 0. The van der Waals surface area contributed by atoms with Crippen LogP contribution in [-0.2, 0) is 0 Å². The minimum absolute atomic E-state index is 0.0994. The first-order valence-electron chi connectivity index (χ1n) is 3.23. The van der Waals surface area contributed by atoms with Gasteiger partial charge in [-0.3, -0.25) is 10.1 Å². The third kappa shape index (κ3) is 3.35. The summed E-state index contributed by atoms with van der Waals surface area (Å²) < 4.78 is 0. The van der Waals surface area contributed by atoms with Gasteiger partial charge in [-0.05, 0) is 25.5 Å². The van der Waals surface area contributed by atoms with E-state index in [0.29, 0.717) is 0 Å². The highest BCUT2D eigenvalue weighted by atomic mass is 16.6. The van der Waals surface area contributed by atoms with Crippen LogP contribution in [-0.4, -0.2) is 4.92 Å². The lowest BCUT2D eigenvalue weighted by atomic mass is 10.2. The minimum Gasteiger partial charge on any atom is -0.258 e. The first-order chi connectivity index (χ1) is 5.11. The van der Waals surface area contributed by atoms with Crippen molar-refractivity contribution in [3.05, 3.63) is 46.2 Å². The van der Waals surface area contributed by atoms with Crippen molar-refractivity contribution in [3.8, 4) is 0 Å². The lowest BCUT2D eigenvalue weighted by Gasteiger charge is -1.90. The molecule has 0 aromatic carbocycles. The Morgan fingerprint density at radius 2 is 2.18 bits per heavy atom. The zero-order valence-electron chi connectivity index (χ0n) is 6.70. The number of rotatable bonds is 3. The third-order valence-electron chi connectivity index (χ3n) is 1.20. The Morgan fingerprint density at radius 3 is 2.45 bits per heavy atom. The summed E-state index contributed by atoms with van der Waals surface area (Å²) in [6.07, 6.45) is 4.51. The van der Waals surface area contributed by atoms with Gasteiger partial charge in [0.05, 0.1) is 4.92 Å². The van der Waals surface area contributed by atoms with Crippen molar-refractivity contribution in [1.29, 1.82) is 0 Å². The highest BCUT2D eigenvalue weighted by Crippen LogP contribution is 2.03. The van der Waals surface area contributed by atoms with Crippen LogP contribution >= 0.6 is 0 Å². The SMILES string of the molecule is C=C/C(C)=C\C(=C/C)[N+](=O)[O-]. The molecule has 3 nitrogen and oxygen atoms in total. The van der Waals surface area contributed by atoms with Crippen molar-refractivity contribution in [2.45, 2.75) is 13.8 Å². The van der Waals surface area contributed by atoms with Crippen molar-refractivity contribution in [3.63, 3.8) is 0 Å². The van der Waals surface area contributed by atoms with E-state index in [2.05, 4.69) is 6.58 Å². The fourth-order valence-electron chi connectivity index (χ4n) is 0.534. The van der Waals surface area contributed by atoms with E-state index in [1.807, 2.05) is 0 Å². The molecule has 0 rings (SSSR count). The lowest BCUT2D eigenvalue weighted by Crippen LogP contribution is -1.94. The Hall–Kier alpha value is -1.38. The van der Waals surface area contributed by atoms with Crippen molar-refractivity contribution in [1.82, 2.24) is 0 Å². The summed E-state index contributed by atoms with van der Waals surface area (Å²) in [6, 6.07) is 0. The lowest BCUT2D eigenvalue weighted by molar-refractivity contribution is -0.419. The monoisotopic (exact) mass is 153 g/mol. The molecule has 0 amide bonds. The van der Waals surface area contributed by atoms with Gasteiger partial charge in [0.25, 0.3) is 5.70 Å². The van der Waals surface area contributed by atoms with Gasteiger partial charge >= 0.3 is 0 Å². The average Bonchev–Trinajstić information content (AvgIpc) is 1.99. The molecular formula is C8H11NO2. The summed E-state index contributed by atoms with van der Waals surface area (Å²) >= 11 is 0. The topological polar surface area (TPSA) is 43.1 Å². The van der Waals surface area contributed by atoms with E-state index < -0.39 is 4.92 Å². The van der Waals surface area contributed by atoms with Crippen LogP contribution in [0.1, 0.15) is 13.8 Å². The summed E-state index contributed by atoms with van der Waals surface area (Å²) in [7, 11) is 0. The van der Waals surface area contributed by atoms with Gasteiger partial charge in [-0.2, -0.15) is 0 Å². The van der Waals surface area contributed by atoms with E-state index in [1.54, 1.807) is 19.9 Å². The highest BCUT2D eigenvalue weighted by molar-refractivity contribution is 5.22. The molecule has 0 heterocycles. The molecule has 0 unspecified atom stereocenters. The molecule has 0 saturated carbocycles. The molecule has 0 fully saturated rings. The van der Waals surface area contributed by atoms with Crippen LogP contribution in [0.5, 0.6) is 0 Å². The van der Waals surface area contributed by atoms with Crippen molar-refractivity contribution in [2.75, 3.05) is 0 Å². The van der Waals surface area contributed by atoms with E-state index in [0.717, 1.165) is 5.57 Å². The number of hydrogen-bond acceptors (Lipinski definition) is 2. The van der Waals surface area contributed by atoms with Crippen LogP contribution in [0.15, 0.2) is 36.1 Å². The van der Waals surface area contributed by atoms with E-state index in [9.17, 15) is 10.1 Å². The smallest absolute Gasteiger partial charge is 0.258 e. The van der Waals surface area contributed by atoms with Gasteiger partial charge in [0.2, 0.25) is 0 Å². The van der Waals surface area contributed by atoms with E-state index in [4.69, 9.17) is 0 Å². The zero-order chi connectivity index (χ0) is 8.85. The van der Waals surface area contributed by atoms with Gasteiger partial charge in [0.1, 0.15) is 0 Å². The van der Waals surface area contributed by atoms with Crippen LogP contribution in [0.25, 0.3) is 0 Å². The van der Waals surface area contributed by atoms with Crippen LogP contribution in [0.2, 0.25) is 0 Å². The Labute approximate surface area is 65.9 Å². The maximum absolute atomic E-state index is 10.2. The minimum atomic E-state index is -0.424. The second-order valence-electron chi connectivity index (χ2n) is 2.06. The predicted octanol–water partition coefficient (Wildman–Crippen LogP) is 2.30.